The van der Waals surface area contributed by atoms with Gasteiger partial charge in [0.05, 0.1) is 16.7 Å². The first kappa shape index (κ1) is 14.9. The molecule has 0 saturated carbocycles. The third-order valence-electron chi connectivity index (χ3n) is 4.28. The van der Waals surface area contributed by atoms with Crippen molar-refractivity contribution in [2.45, 2.75) is 19.3 Å². The molecule has 0 atom stereocenters. The first-order chi connectivity index (χ1) is 10.4. The second-order valence-electron chi connectivity index (χ2n) is 5.69. The molecule has 0 radical (unpaired) electrons. The quantitative estimate of drug-likeness (QED) is 0.747. The molecule has 22 heavy (non-hydrogen) atoms. The molecule has 0 spiro atoms. The molecule has 0 bridgehead atoms. The summed E-state index contributed by atoms with van der Waals surface area (Å²) in [7, 11) is 0. The van der Waals surface area contributed by atoms with Gasteiger partial charge < -0.3 is 9.88 Å². The minimum Gasteiger partial charge on any atom is -0.370 e. The van der Waals surface area contributed by atoms with Crippen LogP contribution in [-0.2, 0) is 0 Å². The van der Waals surface area contributed by atoms with Crippen molar-refractivity contribution in [3.63, 3.8) is 0 Å². The maximum atomic E-state index is 4.52. The van der Waals surface area contributed by atoms with E-state index in [4.69, 9.17) is 0 Å². The molecule has 4 rings (SSSR count). The van der Waals surface area contributed by atoms with E-state index in [-0.39, 0.29) is 12.4 Å². The van der Waals surface area contributed by atoms with Gasteiger partial charge >= 0.3 is 0 Å². The van der Waals surface area contributed by atoms with Crippen LogP contribution in [0, 0.1) is 0 Å². The first-order valence-electron chi connectivity index (χ1n) is 7.70. The summed E-state index contributed by atoms with van der Waals surface area (Å²) < 4.78 is 0. The van der Waals surface area contributed by atoms with E-state index in [0.29, 0.717) is 0 Å². The molecule has 1 fully saturated rings. The van der Waals surface area contributed by atoms with Crippen LogP contribution in [0.25, 0.3) is 22.3 Å². The number of nitrogens with zero attached hydrogens (tertiary/aromatic N) is 2. The van der Waals surface area contributed by atoms with Gasteiger partial charge in [0.1, 0.15) is 0 Å². The minimum absolute atomic E-state index is 0. The van der Waals surface area contributed by atoms with Gasteiger partial charge in [-0.2, -0.15) is 0 Å². The van der Waals surface area contributed by atoms with Crippen LogP contribution in [0.2, 0.25) is 0 Å². The topological polar surface area (TPSA) is 31.9 Å². The standard InChI is InChI=1S/C18H19N3.ClH/c1-3-7-14(8-4-1)15-13-16-18(20-15)17(9-10-19-16)21-11-5-2-6-12-21;/h1,3-4,7-10,13,20H,2,5-6,11-12H2;1H. The number of hydrogen-bond acceptors (Lipinski definition) is 2. The van der Waals surface area contributed by atoms with Crippen LogP contribution in [0.3, 0.4) is 0 Å². The van der Waals surface area contributed by atoms with E-state index in [0.717, 1.165) is 24.3 Å². The molecule has 1 aromatic carbocycles. The summed E-state index contributed by atoms with van der Waals surface area (Å²) >= 11 is 0. The summed E-state index contributed by atoms with van der Waals surface area (Å²) in [6.07, 6.45) is 5.85. The van der Waals surface area contributed by atoms with Gasteiger partial charge in [-0.25, -0.2) is 0 Å². The molecule has 1 saturated heterocycles. The Bertz CT molecular complexity index is 745. The number of hydrogen-bond donors (Lipinski definition) is 1. The molecule has 0 unspecified atom stereocenters. The Morgan fingerprint density at radius 1 is 0.955 bits per heavy atom. The number of piperidine rings is 1. The highest BCUT2D eigenvalue weighted by atomic mass is 35.5. The Kier molecular flexibility index (Phi) is 4.34. The van der Waals surface area contributed by atoms with E-state index in [1.165, 1.54) is 36.0 Å². The van der Waals surface area contributed by atoms with Crippen LogP contribution in [0.15, 0.2) is 48.7 Å². The number of rotatable bonds is 2. The van der Waals surface area contributed by atoms with E-state index in [9.17, 15) is 0 Å². The molecule has 2 aromatic heterocycles. The van der Waals surface area contributed by atoms with Crippen LogP contribution in [0.5, 0.6) is 0 Å². The summed E-state index contributed by atoms with van der Waals surface area (Å²) in [5.41, 5.74) is 5.86. The van der Waals surface area contributed by atoms with E-state index in [2.05, 4.69) is 51.3 Å². The highest BCUT2D eigenvalue weighted by molar-refractivity contribution is 5.92. The molecule has 0 amide bonds. The molecule has 0 aliphatic carbocycles. The van der Waals surface area contributed by atoms with Gasteiger partial charge in [-0.3, -0.25) is 4.98 Å². The number of H-pyrrole nitrogens is 1. The second kappa shape index (κ2) is 6.41. The van der Waals surface area contributed by atoms with Crippen LogP contribution in [0.4, 0.5) is 5.69 Å². The van der Waals surface area contributed by atoms with E-state index >= 15 is 0 Å². The third kappa shape index (κ3) is 2.69. The smallest absolute Gasteiger partial charge is 0.0906 e. The van der Waals surface area contributed by atoms with E-state index in [1.54, 1.807) is 0 Å². The molecule has 1 aliphatic rings. The molecule has 4 heteroatoms. The molecule has 1 N–H and O–H groups in total. The van der Waals surface area contributed by atoms with Gasteiger partial charge in [-0.15, -0.1) is 12.4 Å². The Hall–Kier alpha value is -2.00. The summed E-state index contributed by atoms with van der Waals surface area (Å²) in [6, 6.07) is 14.7. The zero-order valence-electron chi connectivity index (χ0n) is 12.5. The summed E-state index contributed by atoms with van der Waals surface area (Å²) in [6.45, 7) is 2.30. The largest absolute Gasteiger partial charge is 0.370 e. The predicted octanol–water partition coefficient (Wildman–Crippen LogP) is 4.64. The van der Waals surface area contributed by atoms with E-state index < -0.39 is 0 Å². The number of benzene rings is 1. The van der Waals surface area contributed by atoms with Crippen molar-refractivity contribution in [2.24, 2.45) is 0 Å². The van der Waals surface area contributed by atoms with Crippen molar-refractivity contribution in [1.82, 2.24) is 9.97 Å². The van der Waals surface area contributed by atoms with Crippen LogP contribution in [-0.4, -0.2) is 23.1 Å². The Morgan fingerprint density at radius 3 is 2.50 bits per heavy atom. The van der Waals surface area contributed by atoms with E-state index in [1.807, 2.05) is 12.3 Å². The van der Waals surface area contributed by atoms with Gasteiger partial charge in [0.25, 0.3) is 0 Å². The maximum Gasteiger partial charge on any atom is 0.0906 e. The number of anilines is 1. The lowest BCUT2D eigenvalue weighted by molar-refractivity contribution is 0.578. The SMILES string of the molecule is Cl.c1ccc(-c2cc3nccc(N4CCCCC4)c3[nH]2)cc1. The molecular formula is C18H20ClN3. The Balaban J connectivity index is 0.00000144. The van der Waals surface area contributed by atoms with Gasteiger partial charge in [0.2, 0.25) is 0 Å². The van der Waals surface area contributed by atoms with Gasteiger partial charge in [-0.1, -0.05) is 30.3 Å². The van der Waals surface area contributed by atoms with Crippen LogP contribution >= 0.6 is 12.4 Å². The lowest BCUT2D eigenvalue weighted by Gasteiger charge is -2.29. The zero-order chi connectivity index (χ0) is 14.1. The van der Waals surface area contributed by atoms with Crippen molar-refractivity contribution in [1.29, 1.82) is 0 Å². The fourth-order valence-corrected chi connectivity index (χ4v) is 3.18. The fourth-order valence-electron chi connectivity index (χ4n) is 3.18. The number of nitrogens with one attached hydrogen (secondary N) is 1. The minimum atomic E-state index is 0. The van der Waals surface area contributed by atoms with Crippen molar-refractivity contribution in [3.8, 4) is 11.3 Å². The van der Waals surface area contributed by atoms with Crippen LogP contribution < -0.4 is 4.90 Å². The highest BCUT2D eigenvalue weighted by Crippen LogP contribution is 2.30. The average molecular weight is 314 g/mol. The fraction of sp³-hybridized carbons (Fsp3) is 0.278. The molecular weight excluding hydrogens is 294 g/mol. The number of aromatic nitrogens is 2. The number of pyridine rings is 1. The zero-order valence-corrected chi connectivity index (χ0v) is 13.3. The molecule has 1 aliphatic heterocycles. The second-order valence-corrected chi connectivity index (χ2v) is 5.69. The highest BCUT2D eigenvalue weighted by Gasteiger charge is 2.15. The van der Waals surface area contributed by atoms with Gasteiger partial charge in [0.15, 0.2) is 0 Å². The van der Waals surface area contributed by atoms with Gasteiger partial charge in [0, 0.05) is 25.0 Å². The maximum absolute atomic E-state index is 4.52. The Morgan fingerprint density at radius 2 is 1.73 bits per heavy atom. The molecule has 3 aromatic rings. The molecule has 3 heterocycles. The monoisotopic (exact) mass is 313 g/mol. The number of aromatic amines is 1. The third-order valence-corrected chi connectivity index (χ3v) is 4.28. The Labute approximate surface area is 136 Å². The molecule has 3 nitrogen and oxygen atoms in total. The molecule has 114 valence electrons. The van der Waals surface area contributed by atoms with Crippen molar-refractivity contribution in [2.75, 3.05) is 18.0 Å². The lowest BCUT2D eigenvalue weighted by Crippen LogP contribution is -2.29. The first-order valence-corrected chi connectivity index (χ1v) is 7.70. The summed E-state index contributed by atoms with van der Waals surface area (Å²) in [5.74, 6) is 0. The number of fused-ring (bicyclic) bond motifs is 1. The average Bonchev–Trinajstić information content (AvgIpc) is 3.00. The normalized spacial score (nSPS) is 14.8. The summed E-state index contributed by atoms with van der Waals surface area (Å²) in [5, 5.41) is 0. The van der Waals surface area contributed by atoms with Crippen molar-refractivity contribution in [3.05, 3.63) is 48.7 Å². The summed E-state index contributed by atoms with van der Waals surface area (Å²) in [4.78, 5) is 10.6. The number of halogens is 1. The van der Waals surface area contributed by atoms with Crippen LogP contribution in [0.1, 0.15) is 19.3 Å². The van der Waals surface area contributed by atoms with Crippen molar-refractivity contribution >= 4 is 29.1 Å². The lowest BCUT2D eigenvalue weighted by atomic mass is 10.1. The van der Waals surface area contributed by atoms with Gasteiger partial charge in [-0.05, 0) is 37.0 Å². The predicted molar refractivity (Wildman–Crippen MR) is 94.8 cm³/mol. The van der Waals surface area contributed by atoms with Crippen molar-refractivity contribution < 1.29 is 0 Å².